The Morgan fingerprint density at radius 1 is 1.19 bits per heavy atom. The number of nitrogens with two attached hydrogens (primary N) is 1. The molecule has 0 saturated heterocycles. The number of fused-ring (bicyclic) bond motifs is 1. The lowest BCUT2D eigenvalue weighted by Crippen LogP contribution is -2.12. The van der Waals surface area contributed by atoms with E-state index in [-0.39, 0.29) is 11.6 Å². The predicted molar refractivity (Wildman–Crippen MR) is 99.5 cm³/mol. The van der Waals surface area contributed by atoms with Crippen LogP contribution in [0, 0.1) is 12.3 Å². The van der Waals surface area contributed by atoms with E-state index in [2.05, 4.69) is 5.32 Å². The number of carbonyl (C=O) groups excluding carboxylic acids is 1. The summed E-state index contributed by atoms with van der Waals surface area (Å²) in [6.07, 6.45) is 0. The number of nitrogen functional groups attached to an aromatic ring is 1. The average molecular weight is 367 g/mol. The van der Waals surface area contributed by atoms with E-state index in [1.54, 1.807) is 49.4 Å². The summed E-state index contributed by atoms with van der Waals surface area (Å²) in [5.74, 6) is -0.470. The number of amidine groups is 1. The minimum absolute atomic E-state index is 0.0614. The highest BCUT2D eigenvalue weighted by Gasteiger charge is 2.18. The van der Waals surface area contributed by atoms with Crippen LogP contribution in [0.5, 0.6) is 5.75 Å². The van der Waals surface area contributed by atoms with Crippen LogP contribution in [0.4, 0.5) is 5.69 Å². The summed E-state index contributed by atoms with van der Waals surface area (Å²) in [5, 5.41) is 20.2. The molecule has 0 aliphatic rings. The maximum absolute atomic E-state index is 12.6. The zero-order valence-corrected chi connectivity index (χ0v) is 14.4. The van der Waals surface area contributed by atoms with Gasteiger partial charge >= 0.3 is 5.97 Å². The molecular formula is C19H17N3O5. The second-order valence-electron chi connectivity index (χ2n) is 5.82. The third kappa shape index (κ3) is 3.90. The Labute approximate surface area is 154 Å². The Hall–Kier alpha value is -3.81. The SMILES string of the molecule is Cc1oc(C(=O)Nc2ccc(OCC(=O)O)cc2)c2ccc(C(=N)N)cc12. The highest BCUT2D eigenvalue weighted by atomic mass is 16.5. The van der Waals surface area contributed by atoms with Crippen LogP contribution in [0.2, 0.25) is 0 Å². The number of ether oxygens (including phenoxy) is 1. The molecule has 1 heterocycles. The summed E-state index contributed by atoms with van der Waals surface area (Å²) in [4.78, 5) is 23.1. The number of amides is 1. The van der Waals surface area contributed by atoms with Gasteiger partial charge in [0, 0.05) is 22.0 Å². The number of hydrogen-bond acceptors (Lipinski definition) is 5. The van der Waals surface area contributed by atoms with Gasteiger partial charge in [-0.05, 0) is 43.3 Å². The highest BCUT2D eigenvalue weighted by Crippen LogP contribution is 2.27. The van der Waals surface area contributed by atoms with Crippen molar-refractivity contribution in [1.82, 2.24) is 0 Å². The number of rotatable bonds is 6. The first-order valence-corrected chi connectivity index (χ1v) is 7.98. The number of benzene rings is 2. The van der Waals surface area contributed by atoms with Crippen molar-refractivity contribution < 1.29 is 23.8 Å². The molecule has 0 aliphatic heterocycles. The summed E-state index contributed by atoms with van der Waals surface area (Å²) in [6.45, 7) is 1.29. The smallest absolute Gasteiger partial charge is 0.341 e. The van der Waals surface area contributed by atoms with E-state index in [9.17, 15) is 9.59 Å². The molecule has 5 N–H and O–H groups in total. The summed E-state index contributed by atoms with van der Waals surface area (Å²) >= 11 is 0. The van der Waals surface area contributed by atoms with E-state index < -0.39 is 18.5 Å². The van der Waals surface area contributed by atoms with Crippen LogP contribution >= 0.6 is 0 Å². The first-order chi connectivity index (χ1) is 12.8. The number of furan rings is 1. The van der Waals surface area contributed by atoms with E-state index in [0.717, 1.165) is 0 Å². The number of carboxylic acids is 1. The van der Waals surface area contributed by atoms with Gasteiger partial charge in [0.05, 0.1) is 0 Å². The maximum atomic E-state index is 12.6. The van der Waals surface area contributed by atoms with Crippen LogP contribution in [-0.2, 0) is 4.79 Å². The molecule has 0 spiro atoms. The molecule has 0 atom stereocenters. The van der Waals surface area contributed by atoms with Crippen molar-refractivity contribution in [2.75, 3.05) is 11.9 Å². The number of nitrogens with one attached hydrogen (secondary N) is 2. The summed E-state index contributed by atoms with van der Waals surface area (Å²) in [7, 11) is 0. The van der Waals surface area contributed by atoms with Gasteiger partial charge in [0.15, 0.2) is 12.4 Å². The Balaban J connectivity index is 1.80. The standard InChI is InChI=1S/C19H17N3O5/c1-10-15-8-11(18(20)21)2-7-14(15)17(27-10)19(25)22-12-3-5-13(6-4-12)26-9-16(23)24/h2-8H,9H2,1H3,(H3,20,21)(H,22,25)(H,23,24). The molecule has 8 heteroatoms. The van der Waals surface area contributed by atoms with Crippen LogP contribution < -0.4 is 15.8 Å². The van der Waals surface area contributed by atoms with Gasteiger partial charge in [-0.2, -0.15) is 0 Å². The lowest BCUT2D eigenvalue weighted by atomic mass is 10.1. The third-order valence-electron chi connectivity index (χ3n) is 3.89. The number of aryl methyl sites for hydroxylation is 1. The van der Waals surface area contributed by atoms with E-state index in [0.29, 0.717) is 33.5 Å². The van der Waals surface area contributed by atoms with Crippen LogP contribution in [-0.4, -0.2) is 29.4 Å². The molecule has 0 fully saturated rings. The molecule has 27 heavy (non-hydrogen) atoms. The average Bonchev–Trinajstić information content (AvgIpc) is 2.97. The third-order valence-corrected chi connectivity index (χ3v) is 3.89. The van der Waals surface area contributed by atoms with Gasteiger partial charge in [-0.3, -0.25) is 10.2 Å². The fourth-order valence-corrected chi connectivity index (χ4v) is 2.60. The number of carbonyl (C=O) groups is 2. The molecule has 2 aromatic carbocycles. The molecule has 0 radical (unpaired) electrons. The first kappa shape index (κ1) is 18.0. The fraction of sp³-hybridized carbons (Fsp3) is 0.105. The van der Waals surface area contributed by atoms with E-state index in [1.165, 1.54) is 0 Å². The number of anilines is 1. The molecule has 0 aliphatic carbocycles. The van der Waals surface area contributed by atoms with E-state index >= 15 is 0 Å². The van der Waals surface area contributed by atoms with Gasteiger partial charge in [0.25, 0.3) is 5.91 Å². The Morgan fingerprint density at radius 2 is 1.89 bits per heavy atom. The summed E-state index contributed by atoms with van der Waals surface area (Å²) in [6, 6.07) is 11.4. The fourth-order valence-electron chi connectivity index (χ4n) is 2.60. The van der Waals surface area contributed by atoms with Crippen molar-refractivity contribution in [1.29, 1.82) is 5.41 Å². The monoisotopic (exact) mass is 367 g/mol. The maximum Gasteiger partial charge on any atom is 0.341 e. The first-order valence-electron chi connectivity index (χ1n) is 7.98. The Morgan fingerprint density at radius 3 is 2.52 bits per heavy atom. The lowest BCUT2D eigenvalue weighted by Gasteiger charge is -2.06. The molecule has 0 bridgehead atoms. The number of hydrogen-bond donors (Lipinski definition) is 4. The number of carboxylic acid groups (broad SMARTS) is 1. The van der Waals surface area contributed by atoms with E-state index in [4.69, 9.17) is 25.4 Å². The van der Waals surface area contributed by atoms with Crippen molar-refractivity contribution in [3.05, 3.63) is 59.5 Å². The number of aliphatic carboxylic acids is 1. The molecule has 3 aromatic rings. The lowest BCUT2D eigenvalue weighted by molar-refractivity contribution is -0.139. The van der Waals surface area contributed by atoms with Crippen molar-refractivity contribution in [2.45, 2.75) is 6.92 Å². The van der Waals surface area contributed by atoms with Crippen LogP contribution in [0.25, 0.3) is 10.8 Å². The van der Waals surface area contributed by atoms with Crippen molar-refractivity contribution in [3.63, 3.8) is 0 Å². The predicted octanol–water partition coefficient (Wildman–Crippen LogP) is 2.74. The van der Waals surface area contributed by atoms with Crippen LogP contribution in [0.1, 0.15) is 21.9 Å². The van der Waals surface area contributed by atoms with Crippen molar-refractivity contribution in [3.8, 4) is 5.75 Å². The largest absolute Gasteiger partial charge is 0.482 e. The summed E-state index contributed by atoms with van der Waals surface area (Å²) in [5.41, 5.74) is 6.56. The normalized spacial score (nSPS) is 10.6. The van der Waals surface area contributed by atoms with E-state index in [1.807, 2.05) is 0 Å². The topological polar surface area (TPSA) is 139 Å². The summed E-state index contributed by atoms with van der Waals surface area (Å²) < 4.78 is 10.7. The van der Waals surface area contributed by atoms with Gasteiger partial charge in [0.1, 0.15) is 17.3 Å². The highest BCUT2D eigenvalue weighted by molar-refractivity contribution is 6.12. The zero-order chi connectivity index (χ0) is 19.6. The molecule has 0 unspecified atom stereocenters. The van der Waals surface area contributed by atoms with Gasteiger partial charge in [-0.15, -0.1) is 0 Å². The Bertz CT molecular complexity index is 1040. The van der Waals surface area contributed by atoms with Crippen LogP contribution in [0.3, 0.4) is 0 Å². The Kier molecular flexibility index (Phi) is 4.80. The minimum Gasteiger partial charge on any atom is -0.482 e. The van der Waals surface area contributed by atoms with Crippen molar-refractivity contribution in [2.24, 2.45) is 5.73 Å². The van der Waals surface area contributed by atoms with Gasteiger partial charge in [-0.25, -0.2) is 4.79 Å². The molecule has 3 rings (SSSR count). The quantitative estimate of drug-likeness (QED) is 0.390. The molecule has 1 amide bonds. The zero-order valence-electron chi connectivity index (χ0n) is 14.4. The van der Waals surface area contributed by atoms with Gasteiger partial charge < -0.3 is 25.3 Å². The van der Waals surface area contributed by atoms with Gasteiger partial charge in [-0.1, -0.05) is 6.07 Å². The van der Waals surface area contributed by atoms with Crippen molar-refractivity contribution >= 4 is 34.2 Å². The van der Waals surface area contributed by atoms with Gasteiger partial charge in [0.2, 0.25) is 0 Å². The molecular weight excluding hydrogens is 350 g/mol. The second kappa shape index (κ2) is 7.20. The molecule has 8 nitrogen and oxygen atoms in total. The molecule has 1 aromatic heterocycles. The molecule has 0 saturated carbocycles. The second-order valence-corrected chi connectivity index (χ2v) is 5.82. The van der Waals surface area contributed by atoms with Crippen LogP contribution in [0.15, 0.2) is 46.9 Å². The molecule has 138 valence electrons. The minimum atomic E-state index is -1.07.